The molecule has 0 aliphatic heterocycles. The Morgan fingerprint density at radius 2 is 2.29 bits per heavy atom. The molecular formula is C13H21F2IN4O. The number of guanidine groups is 1. The number of nitrogens with zero attached hydrogens (tertiary/aromatic N) is 2. The molecule has 0 bridgehead atoms. The van der Waals surface area contributed by atoms with E-state index in [9.17, 15) is 8.78 Å². The van der Waals surface area contributed by atoms with Crippen molar-refractivity contribution in [1.82, 2.24) is 10.3 Å². The number of alkyl halides is 2. The van der Waals surface area contributed by atoms with Crippen molar-refractivity contribution in [3.8, 4) is 5.88 Å². The van der Waals surface area contributed by atoms with Crippen LogP contribution >= 0.6 is 24.0 Å². The summed E-state index contributed by atoms with van der Waals surface area (Å²) in [6, 6.07) is 3.41. The molecule has 0 aromatic carbocycles. The zero-order valence-electron chi connectivity index (χ0n) is 11.9. The highest BCUT2D eigenvalue weighted by Crippen LogP contribution is 2.16. The zero-order valence-corrected chi connectivity index (χ0v) is 14.2. The molecule has 0 aliphatic rings. The SMILES string of the molecule is CCCCNC(N)=NCc1cccnc1OCC(F)F.I. The summed E-state index contributed by atoms with van der Waals surface area (Å²) < 4.78 is 29.2. The highest BCUT2D eigenvalue weighted by Gasteiger charge is 2.08. The minimum absolute atomic E-state index is 0. The maximum absolute atomic E-state index is 12.1. The van der Waals surface area contributed by atoms with Crippen molar-refractivity contribution < 1.29 is 13.5 Å². The van der Waals surface area contributed by atoms with Crippen LogP contribution in [0.4, 0.5) is 8.78 Å². The second kappa shape index (κ2) is 11.5. The van der Waals surface area contributed by atoms with Gasteiger partial charge in [-0.25, -0.2) is 18.8 Å². The fourth-order valence-electron chi connectivity index (χ4n) is 1.44. The minimum atomic E-state index is -2.53. The van der Waals surface area contributed by atoms with Crippen LogP contribution in [0.15, 0.2) is 23.3 Å². The van der Waals surface area contributed by atoms with E-state index in [0.717, 1.165) is 19.4 Å². The number of rotatable bonds is 8. The maximum atomic E-state index is 12.1. The molecule has 3 N–H and O–H groups in total. The van der Waals surface area contributed by atoms with E-state index in [1.54, 1.807) is 12.1 Å². The van der Waals surface area contributed by atoms with Crippen molar-refractivity contribution in [2.24, 2.45) is 10.7 Å². The molecule has 0 aliphatic carbocycles. The van der Waals surface area contributed by atoms with Crippen LogP contribution in [0, 0.1) is 0 Å². The molecule has 0 saturated heterocycles. The molecule has 5 nitrogen and oxygen atoms in total. The van der Waals surface area contributed by atoms with E-state index in [4.69, 9.17) is 10.5 Å². The van der Waals surface area contributed by atoms with Gasteiger partial charge >= 0.3 is 0 Å². The third-order valence-corrected chi connectivity index (χ3v) is 2.45. The first-order valence-corrected chi connectivity index (χ1v) is 6.52. The van der Waals surface area contributed by atoms with Crippen molar-refractivity contribution >= 4 is 29.9 Å². The lowest BCUT2D eigenvalue weighted by atomic mass is 10.3. The van der Waals surface area contributed by atoms with E-state index in [1.165, 1.54) is 6.20 Å². The third kappa shape index (κ3) is 8.64. The maximum Gasteiger partial charge on any atom is 0.272 e. The lowest BCUT2D eigenvalue weighted by molar-refractivity contribution is 0.0791. The molecule has 0 saturated carbocycles. The lowest BCUT2D eigenvalue weighted by Crippen LogP contribution is -2.32. The van der Waals surface area contributed by atoms with Gasteiger partial charge in [-0.1, -0.05) is 19.4 Å². The largest absolute Gasteiger partial charge is 0.471 e. The van der Waals surface area contributed by atoms with Crippen molar-refractivity contribution in [3.63, 3.8) is 0 Å². The Morgan fingerprint density at radius 3 is 2.95 bits per heavy atom. The van der Waals surface area contributed by atoms with Gasteiger partial charge in [0.15, 0.2) is 12.6 Å². The number of hydrogen-bond acceptors (Lipinski definition) is 3. The Bertz CT molecular complexity index is 432. The number of aromatic nitrogens is 1. The first-order valence-electron chi connectivity index (χ1n) is 6.52. The molecule has 1 aromatic rings. The zero-order chi connectivity index (χ0) is 14.8. The number of hydrogen-bond donors (Lipinski definition) is 2. The standard InChI is InChI=1S/C13H20F2N4O.HI/c1-2-3-6-18-13(16)19-8-10-5-4-7-17-12(10)20-9-11(14)15;/h4-5,7,11H,2-3,6,8-9H2,1H3,(H3,16,18,19);1H. The molecule has 0 fully saturated rings. The van der Waals surface area contributed by atoms with Crippen LogP contribution in [0.25, 0.3) is 0 Å². The number of pyridine rings is 1. The molecule has 1 rings (SSSR count). The molecule has 1 heterocycles. The fraction of sp³-hybridized carbons (Fsp3) is 0.538. The number of nitrogens with two attached hydrogens (primary N) is 1. The molecule has 0 radical (unpaired) electrons. The van der Waals surface area contributed by atoms with Crippen LogP contribution in [0.3, 0.4) is 0 Å². The first kappa shape index (κ1) is 19.8. The van der Waals surface area contributed by atoms with E-state index < -0.39 is 13.0 Å². The normalized spacial score (nSPS) is 11.1. The topological polar surface area (TPSA) is 72.5 Å². The van der Waals surface area contributed by atoms with Gasteiger partial charge in [0.1, 0.15) is 0 Å². The quantitative estimate of drug-likeness (QED) is 0.297. The summed E-state index contributed by atoms with van der Waals surface area (Å²) in [5.74, 6) is 0.486. The Labute approximate surface area is 140 Å². The average molecular weight is 414 g/mol. The Hall–Kier alpha value is -1.19. The van der Waals surface area contributed by atoms with Crippen LogP contribution in [0.5, 0.6) is 5.88 Å². The van der Waals surface area contributed by atoms with Gasteiger partial charge < -0.3 is 15.8 Å². The van der Waals surface area contributed by atoms with E-state index in [1.807, 2.05) is 0 Å². The molecule has 0 unspecified atom stereocenters. The summed E-state index contributed by atoms with van der Waals surface area (Å²) >= 11 is 0. The van der Waals surface area contributed by atoms with Crippen LogP contribution in [0.2, 0.25) is 0 Å². The second-order valence-electron chi connectivity index (χ2n) is 4.15. The van der Waals surface area contributed by atoms with Crippen LogP contribution in [-0.2, 0) is 6.54 Å². The summed E-state index contributed by atoms with van der Waals surface area (Å²) in [5, 5.41) is 2.97. The van der Waals surface area contributed by atoms with E-state index in [2.05, 4.69) is 22.2 Å². The molecule has 8 heteroatoms. The van der Waals surface area contributed by atoms with E-state index >= 15 is 0 Å². The van der Waals surface area contributed by atoms with E-state index in [0.29, 0.717) is 11.5 Å². The van der Waals surface area contributed by atoms with Gasteiger partial charge in [-0.2, -0.15) is 0 Å². The predicted octanol–water partition coefficient (Wildman–Crippen LogP) is 2.55. The summed E-state index contributed by atoms with van der Waals surface area (Å²) in [5.41, 5.74) is 6.31. The van der Waals surface area contributed by atoms with Gasteiger partial charge in [0, 0.05) is 18.3 Å². The van der Waals surface area contributed by atoms with Crippen molar-refractivity contribution in [1.29, 1.82) is 0 Å². The number of unbranched alkanes of at least 4 members (excludes halogenated alkanes) is 1. The van der Waals surface area contributed by atoms with Gasteiger partial charge in [-0.15, -0.1) is 24.0 Å². The van der Waals surface area contributed by atoms with Gasteiger partial charge in [0.25, 0.3) is 6.43 Å². The fourth-order valence-corrected chi connectivity index (χ4v) is 1.44. The smallest absolute Gasteiger partial charge is 0.272 e. The molecule has 0 amide bonds. The second-order valence-corrected chi connectivity index (χ2v) is 4.15. The molecule has 0 spiro atoms. The minimum Gasteiger partial charge on any atom is -0.471 e. The van der Waals surface area contributed by atoms with Crippen molar-refractivity contribution in [3.05, 3.63) is 23.9 Å². The van der Waals surface area contributed by atoms with Crippen molar-refractivity contribution in [2.45, 2.75) is 32.7 Å². The molecule has 21 heavy (non-hydrogen) atoms. The van der Waals surface area contributed by atoms with Crippen molar-refractivity contribution in [2.75, 3.05) is 13.2 Å². The van der Waals surface area contributed by atoms with E-state index in [-0.39, 0.29) is 36.4 Å². The monoisotopic (exact) mass is 414 g/mol. The van der Waals surface area contributed by atoms with Crippen LogP contribution in [0.1, 0.15) is 25.3 Å². The Kier molecular flexibility index (Phi) is 10.8. The molecule has 1 aromatic heterocycles. The summed E-state index contributed by atoms with van der Waals surface area (Å²) in [6.07, 6.45) is 1.02. The number of aliphatic imine (C=N–C) groups is 1. The Morgan fingerprint density at radius 1 is 1.52 bits per heavy atom. The highest BCUT2D eigenvalue weighted by atomic mass is 127. The highest BCUT2D eigenvalue weighted by molar-refractivity contribution is 14.0. The predicted molar refractivity (Wildman–Crippen MR) is 89.4 cm³/mol. The summed E-state index contributed by atoms with van der Waals surface area (Å²) in [6.45, 7) is 2.39. The van der Waals surface area contributed by atoms with Crippen LogP contribution < -0.4 is 15.8 Å². The van der Waals surface area contributed by atoms with Gasteiger partial charge in [-0.3, -0.25) is 0 Å². The first-order chi connectivity index (χ1) is 9.63. The van der Waals surface area contributed by atoms with Gasteiger partial charge in [-0.05, 0) is 12.5 Å². The molecular weight excluding hydrogens is 393 g/mol. The molecule has 0 atom stereocenters. The average Bonchev–Trinajstić information content (AvgIpc) is 2.44. The molecule has 120 valence electrons. The summed E-state index contributed by atoms with van der Waals surface area (Å²) in [4.78, 5) is 8.05. The Balaban J connectivity index is 0.00000400. The summed E-state index contributed by atoms with van der Waals surface area (Å²) in [7, 11) is 0. The third-order valence-electron chi connectivity index (χ3n) is 2.45. The number of halogens is 3. The van der Waals surface area contributed by atoms with Gasteiger partial charge in [0.05, 0.1) is 6.54 Å². The lowest BCUT2D eigenvalue weighted by Gasteiger charge is -2.09. The van der Waals surface area contributed by atoms with Gasteiger partial charge in [0.2, 0.25) is 5.88 Å². The van der Waals surface area contributed by atoms with Crippen LogP contribution in [-0.4, -0.2) is 30.5 Å². The number of ether oxygens (including phenoxy) is 1. The number of nitrogens with one attached hydrogen (secondary N) is 1.